The highest BCUT2D eigenvalue weighted by Crippen LogP contribution is 2.32. The molecule has 1 aliphatic carbocycles. The molecule has 1 aromatic rings. The maximum Gasteiger partial charge on any atom is 0.235 e. The van der Waals surface area contributed by atoms with Crippen LogP contribution in [0, 0.1) is 11.3 Å². The van der Waals surface area contributed by atoms with E-state index in [-0.39, 0.29) is 19.2 Å². The van der Waals surface area contributed by atoms with Crippen molar-refractivity contribution in [2.75, 3.05) is 19.9 Å². The Bertz CT molecular complexity index is 662. The number of likely N-dealkylation sites (N-methyl/N-ethyl adjacent to an activating group) is 1. The van der Waals surface area contributed by atoms with Gasteiger partial charge in [0.15, 0.2) is 11.5 Å². The Morgan fingerprint density at radius 2 is 2.04 bits per heavy atom. The Labute approximate surface area is 148 Å². The summed E-state index contributed by atoms with van der Waals surface area (Å²) < 4.78 is 10.7. The number of carbonyl (C=O) groups is 1. The number of rotatable bonds is 6. The van der Waals surface area contributed by atoms with E-state index in [2.05, 4.69) is 16.3 Å². The largest absolute Gasteiger partial charge is 0.454 e. The molecule has 3 rings (SSSR count). The molecule has 0 unspecified atom stereocenters. The van der Waals surface area contributed by atoms with Gasteiger partial charge in [0.05, 0.1) is 12.6 Å². The third-order valence-corrected chi connectivity index (χ3v) is 4.96. The minimum atomic E-state index is -0.673. The first-order valence-corrected chi connectivity index (χ1v) is 8.97. The highest BCUT2D eigenvalue weighted by Gasteiger charge is 2.33. The van der Waals surface area contributed by atoms with E-state index in [4.69, 9.17) is 9.47 Å². The zero-order chi connectivity index (χ0) is 17.7. The molecule has 0 bridgehead atoms. The molecule has 0 radical (unpaired) electrons. The van der Waals surface area contributed by atoms with Crippen LogP contribution in [0.25, 0.3) is 0 Å². The van der Waals surface area contributed by atoms with Crippen LogP contribution in [0.5, 0.6) is 11.5 Å². The third kappa shape index (κ3) is 4.23. The van der Waals surface area contributed by atoms with E-state index >= 15 is 0 Å². The summed E-state index contributed by atoms with van der Waals surface area (Å²) in [5, 5.41) is 12.5. The van der Waals surface area contributed by atoms with Crippen molar-refractivity contribution in [3.05, 3.63) is 23.8 Å². The first-order valence-electron chi connectivity index (χ1n) is 8.97. The highest BCUT2D eigenvalue weighted by molar-refractivity contribution is 5.79. The summed E-state index contributed by atoms with van der Waals surface area (Å²) in [7, 11) is 0. The fourth-order valence-electron chi connectivity index (χ4n) is 3.51. The molecule has 1 aromatic carbocycles. The zero-order valence-electron chi connectivity index (χ0n) is 14.7. The van der Waals surface area contributed by atoms with Gasteiger partial charge in [-0.2, -0.15) is 5.26 Å². The zero-order valence-corrected chi connectivity index (χ0v) is 14.7. The highest BCUT2D eigenvalue weighted by atomic mass is 16.7. The van der Waals surface area contributed by atoms with E-state index in [1.54, 1.807) is 0 Å². The predicted molar refractivity (Wildman–Crippen MR) is 93.1 cm³/mol. The van der Waals surface area contributed by atoms with Crippen molar-refractivity contribution in [3.8, 4) is 17.6 Å². The van der Waals surface area contributed by atoms with Gasteiger partial charge in [-0.25, -0.2) is 0 Å². The lowest BCUT2D eigenvalue weighted by Crippen LogP contribution is -2.51. The normalized spacial score (nSPS) is 18.0. The summed E-state index contributed by atoms with van der Waals surface area (Å²) in [6, 6.07) is 8.19. The number of nitriles is 1. The number of carbonyl (C=O) groups excluding carboxylic acids is 1. The molecule has 1 fully saturated rings. The number of hydrogen-bond donors (Lipinski definition) is 1. The minimum Gasteiger partial charge on any atom is -0.454 e. The molecular weight excluding hydrogens is 318 g/mol. The summed E-state index contributed by atoms with van der Waals surface area (Å²) in [5.74, 6) is 1.44. The van der Waals surface area contributed by atoms with Crippen molar-refractivity contribution in [3.63, 3.8) is 0 Å². The second-order valence-electron chi connectivity index (χ2n) is 6.79. The van der Waals surface area contributed by atoms with Gasteiger partial charge in [-0.15, -0.1) is 0 Å². The average Bonchev–Trinajstić information content (AvgIpc) is 3.09. The summed E-state index contributed by atoms with van der Waals surface area (Å²) in [5.41, 5.74) is 0.402. The van der Waals surface area contributed by atoms with Crippen LogP contribution in [0.4, 0.5) is 0 Å². The van der Waals surface area contributed by atoms with Gasteiger partial charge in [0.1, 0.15) is 5.54 Å². The van der Waals surface area contributed by atoms with Gasteiger partial charge in [0.2, 0.25) is 12.7 Å². The molecule has 1 aliphatic heterocycles. The number of benzene rings is 1. The van der Waals surface area contributed by atoms with Crippen LogP contribution in [0.3, 0.4) is 0 Å². The van der Waals surface area contributed by atoms with E-state index in [0.717, 1.165) is 55.7 Å². The van der Waals surface area contributed by atoms with Gasteiger partial charge >= 0.3 is 0 Å². The first-order chi connectivity index (χ1) is 12.1. The van der Waals surface area contributed by atoms with Crippen molar-refractivity contribution < 1.29 is 14.3 Å². The monoisotopic (exact) mass is 343 g/mol. The molecule has 6 nitrogen and oxygen atoms in total. The van der Waals surface area contributed by atoms with Gasteiger partial charge in [-0.3, -0.25) is 9.69 Å². The molecule has 6 heteroatoms. The first kappa shape index (κ1) is 17.6. The Morgan fingerprint density at radius 1 is 1.28 bits per heavy atom. The van der Waals surface area contributed by atoms with Gasteiger partial charge in [-0.1, -0.05) is 32.3 Å². The summed E-state index contributed by atoms with van der Waals surface area (Å²) in [6.45, 7) is 3.98. The quantitative estimate of drug-likeness (QED) is 0.859. The summed E-state index contributed by atoms with van der Waals surface area (Å²) in [6.07, 6.45) is 4.66. The lowest BCUT2D eigenvalue weighted by Gasteiger charge is -2.32. The average molecular weight is 343 g/mol. The second kappa shape index (κ2) is 7.75. The van der Waals surface area contributed by atoms with Crippen LogP contribution in [-0.4, -0.2) is 36.2 Å². The molecule has 25 heavy (non-hydrogen) atoms. The summed E-state index contributed by atoms with van der Waals surface area (Å²) in [4.78, 5) is 14.5. The standard InChI is InChI=1S/C19H25N3O3/c1-2-22(11-15-6-7-16-17(10-15)25-14-24-16)12-18(23)21-19(13-20)8-4-3-5-9-19/h6-7,10H,2-5,8-9,11-12,14H2,1H3,(H,21,23). The van der Waals surface area contributed by atoms with E-state index < -0.39 is 5.54 Å². The van der Waals surface area contributed by atoms with E-state index in [1.165, 1.54) is 0 Å². The number of fused-ring (bicyclic) bond motifs is 1. The maximum atomic E-state index is 12.5. The Hall–Kier alpha value is -2.26. The smallest absolute Gasteiger partial charge is 0.235 e. The van der Waals surface area contributed by atoms with Gasteiger partial charge < -0.3 is 14.8 Å². The minimum absolute atomic E-state index is 0.0777. The molecule has 0 saturated heterocycles. The molecule has 1 amide bonds. The van der Waals surface area contributed by atoms with E-state index in [0.29, 0.717) is 6.54 Å². The summed E-state index contributed by atoms with van der Waals surface area (Å²) >= 11 is 0. The number of nitrogens with one attached hydrogen (secondary N) is 1. The van der Waals surface area contributed by atoms with Crippen LogP contribution in [0.1, 0.15) is 44.6 Å². The third-order valence-electron chi connectivity index (χ3n) is 4.96. The topological polar surface area (TPSA) is 74.6 Å². The van der Waals surface area contributed by atoms with Crippen molar-refractivity contribution in [1.82, 2.24) is 10.2 Å². The van der Waals surface area contributed by atoms with Crippen LogP contribution >= 0.6 is 0 Å². The molecule has 2 aliphatic rings. The lowest BCUT2D eigenvalue weighted by atomic mass is 9.83. The number of nitrogens with zero attached hydrogens (tertiary/aromatic N) is 2. The molecular formula is C19H25N3O3. The van der Waals surface area contributed by atoms with Crippen molar-refractivity contribution in [2.24, 2.45) is 0 Å². The molecule has 0 atom stereocenters. The Kier molecular flexibility index (Phi) is 5.44. The van der Waals surface area contributed by atoms with Crippen LogP contribution in [-0.2, 0) is 11.3 Å². The molecule has 1 saturated carbocycles. The lowest BCUT2D eigenvalue weighted by molar-refractivity contribution is -0.124. The maximum absolute atomic E-state index is 12.5. The Morgan fingerprint density at radius 3 is 2.76 bits per heavy atom. The molecule has 1 N–H and O–H groups in total. The van der Waals surface area contributed by atoms with Gasteiger partial charge in [-0.05, 0) is 37.1 Å². The van der Waals surface area contributed by atoms with Crippen molar-refractivity contribution in [2.45, 2.75) is 51.1 Å². The van der Waals surface area contributed by atoms with Crippen LogP contribution in [0.2, 0.25) is 0 Å². The van der Waals surface area contributed by atoms with Crippen LogP contribution in [0.15, 0.2) is 18.2 Å². The van der Waals surface area contributed by atoms with Crippen LogP contribution < -0.4 is 14.8 Å². The predicted octanol–water partition coefficient (Wildman–Crippen LogP) is 2.58. The fourth-order valence-corrected chi connectivity index (χ4v) is 3.51. The molecule has 1 heterocycles. The second-order valence-corrected chi connectivity index (χ2v) is 6.79. The number of amides is 1. The number of ether oxygens (including phenoxy) is 2. The Balaban J connectivity index is 1.58. The molecule has 0 spiro atoms. The van der Waals surface area contributed by atoms with E-state index in [1.807, 2.05) is 25.1 Å². The van der Waals surface area contributed by atoms with Crippen molar-refractivity contribution in [1.29, 1.82) is 5.26 Å². The SMILES string of the molecule is CCN(CC(=O)NC1(C#N)CCCCC1)Cc1ccc2c(c1)OCO2. The van der Waals surface area contributed by atoms with Gasteiger partial charge in [0.25, 0.3) is 0 Å². The number of hydrogen-bond acceptors (Lipinski definition) is 5. The molecule has 134 valence electrons. The fraction of sp³-hybridized carbons (Fsp3) is 0.579. The molecule has 0 aromatic heterocycles. The van der Waals surface area contributed by atoms with E-state index in [9.17, 15) is 10.1 Å². The van der Waals surface area contributed by atoms with Crippen molar-refractivity contribution >= 4 is 5.91 Å². The van der Waals surface area contributed by atoms with Gasteiger partial charge in [0, 0.05) is 6.54 Å².